The van der Waals surface area contributed by atoms with E-state index in [1.54, 1.807) is 30.1 Å². The standard InChI is InChI=1S/C23H23F2N5O2/c1-29-15-18(12-27-29)23-17(11-26-13-20(23)25)3-5-22(31)28-21-4-2-16(10-19(21)24)14-30-6-8-32-9-7-30/h2-5,10-13,15H,6-9,14H2,1H3,(H,28,31). The van der Waals surface area contributed by atoms with Crippen molar-refractivity contribution < 1.29 is 18.3 Å². The van der Waals surface area contributed by atoms with Crippen molar-refractivity contribution in [1.29, 1.82) is 0 Å². The zero-order valence-electron chi connectivity index (χ0n) is 17.6. The molecule has 7 nitrogen and oxygen atoms in total. The van der Waals surface area contributed by atoms with Gasteiger partial charge in [0.15, 0.2) is 0 Å². The Bertz CT molecular complexity index is 1140. The molecule has 0 spiro atoms. The predicted molar refractivity (Wildman–Crippen MR) is 117 cm³/mol. The smallest absolute Gasteiger partial charge is 0.248 e. The average Bonchev–Trinajstić information content (AvgIpc) is 3.20. The highest BCUT2D eigenvalue weighted by Gasteiger charge is 2.14. The van der Waals surface area contributed by atoms with E-state index in [1.165, 1.54) is 30.6 Å². The summed E-state index contributed by atoms with van der Waals surface area (Å²) in [7, 11) is 1.73. The number of aromatic nitrogens is 3. The maximum absolute atomic E-state index is 14.5. The molecule has 0 bridgehead atoms. The van der Waals surface area contributed by atoms with Gasteiger partial charge in [0.25, 0.3) is 0 Å². The Balaban J connectivity index is 1.44. The highest BCUT2D eigenvalue weighted by molar-refractivity contribution is 6.02. The van der Waals surface area contributed by atoms with Crippen LogP contribution in [0.1, 0.15) is 11.1 Å². The molecule has 1 aliphatic rings. The van der Waals surface area contributed by atoms with Crippen molar-refractivity contribution in [3.63, 3.8) is 0 Å². The van der Waals surface area contributed by atoms with E-state index < -0.39 is 17.5 Å². The fourth-order valence-corrected chi connectivity index (χ4v) is 3.55. The number of nitrogens with one attached hydrogen (secondary N) is 1. The molecule has 2 aromatic heterocycles. The van der Waals surface area contributed by atoms with E-state index in [0.29, 0.717) is 30.9 Å². The molecule has 0 atom stereocenters. The van der Waals surface area contributed by atoms with Crippen LogP contribution in [0.5, 0.6) is 0 Å². The van der Waals surface area contributed by atoms with Crippen molar-refractivity contribution in [3.8, 4) is 11.1 Å². The molecule has 1 amide bonds. The number of anilines is 1. The lowest BCUT2D eigenvalue weighted by molar-refractivity contribution is -0.111. The molecule has 1 aromatic carbocycles. The summed E-state index contributed by atoms with van der Waals surface area (Å²) >= 11 is 0. The van der Waals surface area contributed by atoms with Crippen LogP contribution in [0.4, 0.5) is 14.5 Å². The normalized spacial score (nSPS) is 14.7. The van der Waals surface area contributed by atoms with Gasteiger partial charge in [0, 0.05) is 61.8 Å². The second kappa shape index (κ2) is 9.80. The molecule has 1 N–H and O–H groups in total. The molecule has 1 fully saturated rings. The van der Waals surface area contributed by atoms with Crippen LogP contribution in [0.25, 0.3) is 17.2 Å². The fourth-order valence-electron chi connectivity index (χ4n) is 3.55. The molecule has 166 valence electrons. The van der Waals surface area contributed by atoms with Crippen LogP contribution >= 0.6 is 0 Å². The Morgan fingerprint density at radius 2 is 2.00 bits per heavy atom. The minimum Gasteiger partial charge on any atom is -0.379 e. The number of hydrogen-bond acceptors (Lipinski definition) is 5. The van der Waals surface area contributed by atoms with Gasteiger partial charge < -0.3 is 10.1 Å². The quantitative estimate of drug-likeness (QED) is 0.597. The molecule has 1 aliphatic heterocycles. The first-order valence-corrected chi connectivity index (χ1v) is 10.2. The molecule has 0 unspecified atom stereocenters. The van der Waals surface area contributed by atoms with E-state index in [2.05, 4.69) is 20.3 Å². The molecule has 3 aromatic rings. The summed E-state index contributed by atoms with van der Waals surface area (Å²) in [5.41, 5.74) is 2.17. The van der Waals surface area contributed by atoms with Crippen LogP contribution in [-0.2, 0) is 23.1 Å². The molecule has 0 aliphatic carbocycles. The number of halogens is 2. The highest BCUT2D eigenvalue weighted by Crippen LogP contribution is 2.26. The first-order valence-electron chi connectivity index (χ1n) is 10.2. The highest BCUT2D eigenvalue weighted by atomic mass is 19.1. The third-order valence-electron chi connectivity index (χ3n) is 5.14. The van der Waals surface area contributed by atoms with Crippen molar-refractivity contribution in [2.75, 3.05) is 31.6 Å². The monoisotopic (exact) mass is 439 g/mol. The van der Waals surface area contributed by atoms with E-state index in [-0.39, 0.29) is 11.3 Å². The number of rotatable bonds is 6. The van der Waals surface area contributed by atoms with Gasteiger partial charge in [-0.3, -0.25) is 19.4 Å². The van der Waals surface area contributed by atoms with Gasteiger partial charge >= 0.3 is 0 Å². The number of carbonyl (C=O) groups excluding carboxylic acids is 1. The summed E-state index contributed by atoms with van der Waals surface area (Å²) in [5, 5.41) is 6.58. The molecule has 3 heterocycles. The zero-order valence-corrected chi connectivity index (χ0v) is 17.6. The van der Waals surface area contributed by atoms with Crippen molar-refractivity contribution >= 4 is 17.7 Å². The summed E-state index contributed by atoms with van der Waals surface area (Å²) < 4.78 is 35.8. The minimum absolute atomic E-state index is 0.0789. The lowest BCUT2D eigenvalue weighted by Crippen LogP contribution is -2.35. The minimum atomic E-state index is -0.536. The van der Waals surface area contributed by atoms with Crippen molar-refractivity contribution in [2.24, 2.45) is 7.05 Å². The van der Waals surface area contributed by atoms with E-state index in [1.807, 2.05) is 0 Å². The Kier molecular flexibility index (Phi) is 6.67. The predicted octanol–water partition coefficient (Wildman–Crippen LogP) is 3.24. The summed E-state index contributed by atoms with van der Waals surface area (Å²) in [5.74, 6) is -1.57. The first kappa shape index (κ1) is 21.8. The third kappa shape index (κ3) is 5.24. The summed E-state index contributed by atoms with van der Waals surface area (Å²) in [6.07, 6.45) is 8.42. The second-order valence-corrected chi connectivity index (χ2v) is 7.51. The molecule has 32 heavy (non-hydrogen) atoms. The number of ether oxygens (including phenoxy) is 1. The lowest BCUT2D eigenvalue weighted by Gasteiger charge is -2.26. The Morgan fingerprint density at radius 1 is 1.19 bits per heavy atom. The molecule has 9 heteroatoms. The van der Waals surface area contributed by atoms with Gasteiger partial charge in [0.2, 0.25) is 5.91 Å². The number of carbonyl (C=O) groups is 1. The van der Waals surface area contributed by atoms with Crippen molar-refractivity contribution in [1.82, 2.24) is 19.7 Å². The van der Waals surface area contributed by atoms with Crippen LogP contribution < -0.4 is 5.32 Å². The SMILES string of the molecule is Cn1cc(-c2c(F)cncc2C=CC(=O)Nc2ccc(CN3CCOCC3)cc2F)cn1. The Labute approximate surface area is 184 Å². The van der Waals surface area contributed by atoms with Crippen LogP contribution in [0.15, 0.2) is 49.1 Å². The van der Waals surface area contributed by atoms with Crippen LogP contribution in [0.2, 0.25) is 0 Å². The van der Waals surface area contributed by atoms with E-state index >= 15 is 0 Å². The number of morpholine rings is 1. The number of nitrogens with zero attached hydrogens (tertiary/aromatic N) is 4. The fraction of sp³-hybridized carbons (Fsp3) is 0.261. The maximum atomic E-state index is 14.5. The number of hydrogen-bond donors (Lipinski definition) is 1. The maximum Gasteiger partial charge on any atom is 0.248 e. The van der Waals surface area contributed by atoms with Crippen LogP contribution in [-0.4, -0.2) is 51.9 Å². The molecule has 0 saturated carbocycles. The summed E-state index contributed by atoms with van der Waals surface area (Å²) in [4.78, 5) is 18.4. The van der Waals surface area contributed by atoms with E-state index in [9.17, 15) is 13.6 Å². The van der Waals surface area contributed by atoms with Gasteiger partial charge in [-0.15, -0.1) is 0 Å². The van der Waals surface area contributed by atoms with Gasteiger partial charge in [-0.1, -0.05) is 6.07 Å². The average molecular weight is 439 g/mol. The number of amides is 1. The Morgan fingerprint density at radius 3 is 2.72 bits per heavy atom. The van der Waals surface area contributed by atoms with Crippen molar-refractivity contribution in [3.05, 3.63) is 71.8 Å². The lowest BCUT2D eigenvalue weighted by atomic mass is 10.0. The largest absolute Gasteiger partial charge is 0.379 e. The molecule has 1 saturated heterocycles. The second-order valence-electron chi connectivity index (χ2n) is 7.51. The molecule has 0 radical (unpaired) electrons. The topological polar surface area (TPSA) is 72.3 Å². The van der Waals surface area contributed by atoms with Crippen molar-refractivity contribution in [2.45, 2.75) is 6.54 Å². The van der Waals surface area contributed by atoms with Crippen LogP contribution in [0.3, 0.4) is 0 Å². The third-order valence-corrected chi connectivity index (χ3v) is 5.14. The summed E-state index contributed by atoms with van der Waals surface area (Å²) in [6.45, 7) is 3.58. The van der Waals surface area contributed by atoms with Gasteiger partial charge in [0.05, 0.1) is 31.3 Å². The van der Waals surface area contributed by atoms with Gasteiger partial charge in [-0.2, -0.15) is 5.10 Å². The molecule has 4 rings (SSSR count). The first-order chi connectivity index (χ1) is 15.5. The molecular formula is C23H23F2N5O2. The number of aryl methyl sites for hydroxylation is 1. The number of benzene rings is 1. The van der Waals surface area contributed by atoms with Gasteiger partial charge in [0.1, 0.15) is 11.6 Å². The number of pyridine rings is 1. The molecular weight excluding hydrogens is 416 g/mol. The summed E-state index contributed by atoms with van der Waals surface area (Å²) in [6, 6.07) is 4.75. The van der Waals surface area contributed by atoms with Crippen LogP contribution in [0, 0.1) is 11.6 Å². The van der Waals surface area contributed by atoms with E-state index in [0.717, 1.165) is 24.8 Å². The zero-order chi connectivity index (χ0) is 22.5. The van der Waals surface area contributed by atoms with E-state index in [4.69, 9.17) is 4.74 Å². The van der Waals surface area contributed by atoms with Gasteiger partial charge in [-0.05, 0) is 23.8 Å². The Hall–Kier alpha value is -3.43. The van der Waals surface area contributed by atoms with Gasteiger partial charge in [-0.25, -0.2) is 8.78 Å².